The van der Waals surface area contributed by atoms with Crippen molar-refractivity contribution in [3.8, 4) is 0 Å². The molecule has 6 heteroatoms. The number of carbonyl (C=O) groups is 3. The summed E-state index contributed by atoms with van der Waals surface area (Å²) in [6.45, 7) is 5.28. The van der Waals surface area contributed by atoms with Gasteiger partial charge in [-0.05, 0) is 42.2 Å². The lowest BCUT2D eigenvalue weighted by atomic mass is 9.85. The quantitative estimate of drug-likeness (QED) is 0.686. The predicted octanol–water partition coefficient (Wildman–Crippen LogP) is 4.08. The Bertz CT molecular complexity index is 845. The molecule has 2 amide bonds. The lowest BCUT2D eigenvalue weighted by molar-refractivity contribution is -0.139. The van der Waals surface area contributed by atoms with Crippen LogP contribution in [0.2, 0.25) is 0 Å². The number of carboxylic acid groups (broad SMARTS) is 1. The molecule has 0 saturated carbocycles. The smallest absolute Gasteiger partial charge is 0.303 e. The first-order valence-corrected chi connectivity index (χ1v) is 8.65. The molecule has 0 fully saturated rings. The van der Waals surface area contributed by atoms with Crippen molar-refractivity contribution < 1.29 is 19.5 Å². The number of carbonyl (C=O) groups excluding carboxylic acids is 2. The summed E-state index contributed by atoms with van der Waals surface area (Å²) >= 11 is 0. The molecule has 0 bridgehead atoms. The van der Waals surface area contributed by atoms with Gasteiger partial charge >= 0.3 is 5.97 Å². The van der Waals surface area contributed by atoms with Crippen LogP contribution in [0.5, 0.6) is 0 Å². The van der Waals surface area contributed by atoms with Crippen LogP contribution in [0.1, 0.15) is 42.6 Å². The minimum atomic E-state index is -0.936. The van der Waals surface area contributed by atoms with E-state index in [1.807, 2.05) is 6.07 Å². The van der Waals surface area contributed by atoms with Gasteiger partial charge in [-0.2, -0.15) is 0 Å². The van der Waals surface area contributed by atoms with E-state index in [1.165, 1.54) is 0 Å². The molecule has 0 aliphatic rings. The van der Waals surface area contributed by atoms with Crippen LogP contribution in [0.25, 0.3) is 0 Å². The van der Waals surface area contributed by atoms with E-state index < -0.39 is 11.4 Å². The first-order valence-electron chi connectivity index (χ1n) is 8.65. The van der Waals surface area contributed by atoms with E-state index >= 15 is 0 Å². The molecule has 27 heavy (non-hydrogen) atoms. The molecule has 0 spiro atoms. The van der Waals surface area contributed by atoms with Crippen LogP contribution >= 0.6 is 0 Å². The maximum Gasteiger partial charge on any atom is 0.303 e. The summed E-state index contributed by atoms with van der Waals surface area (Å²) in [5.74, 6) is -1.43. The van der Waals surface area contributed by atoms with E-state index in [4.69, 9.17) is 5.11 Å². The van der Waals surface area contributed by atoms with Gasteiger partial charge in [-0.15, -0.1) is 0 Å². The SMILES string of the molecule is Cc1c(NC(=O)CC(C)(C)CC(=O)O)cccc1NC(=O)c1ccccc1. The first-order chi connectivity index (χ1) is 12.7. The number of hydrogen-bond donors (Lipinski definition) is 3. The van der Waals surface area contributed by atoms with Gasteiger partial charge in [0, 0.05) is 23.4 Å². The Hall–Kier alpha value is -3.15. The average molecular weight is 368 g/mol. The Morgan fingerprint density at radius 1 is 0.889 bits per heavy atom. The molecule has 2 rings (SSSR count). The van der Waals surface area contributed by atoms with Gasteiger partial charge in [-0.25, -0.2) is 0 Å². The molecule has 0 atom stereocenters. The summed E-state index contributed by atoms with van der Waals surface area (Å²) in [4.78, 5) is 35.6. The first kappa shape index (κ1) is 20.2. The lowest BCUT2D eigenvalue weighted by Gasteiger charge is -2.22. The van der Waals surface area contributed by atoms with Crippen LogP contribution in [0.4, 0.5) is 11.4 Å². The maximum atomic E-state index is 12.3. The zero-order valence-corrected chi connectivity index (χ0v) is 15.7. The van der Waals surface area contributed by atoms with Gasteiger partial charge in [-0.3, -0.25) is 14.4 Å². The minimum Gasteiger partial charge on any atom is -0.481 e. The van der Waals surface area contributed by atoms with Crippen molar-refractivity contribution in [2.24, 2.45) is 5.41 Å². The zero-order valence-electron chi connectivity index (χ0n) is 15.7. The predicted molar refractivity (Wildman–Crippen MR) is 105 cm³/mol. The molecule has 6 nitrogen and oxygen atoms in total. The highest BCUT2D eigenvalue weighted by Crippen LogP contribution is 2.28. The molecule has 2 aromatic carbocycles. The topological polar surface area (TPSA) is 95.5 Å². The van der Waals surface area contributed by atoms with Crippen molar-refractivity contribution in [3.05, 3.63) is 59.7 Å². The van der Waals surface area contributed by atoms with E-state index in [-0.39, 0.29) is 24.7 Å². The Balaban J connectivity index is 2.09. The molecule has 3 N–H and O–H groups in total. The Labute approximate surface area is 158 Å². The third kappa shape index (κ3) is 5.95. The molecule has 0 aliphatic carbocycles. The highest BCUT2D eigenvalue weighted by molar-refractivity contribution is 6.05. The monoisotopic (exact) mass is 368 g/mol. The van der Waals surface area contributed by atoms with E-state index in [0.29, 0.717) is 16.9 Å². The van der Waals surface area contributed by atoms with E-state index in [0.717, 1.165) is 5.56 Å². The van der Waals surface area contributed by atoms with Crippen molar-refractivity contribution in [3.63, 3.8) is 0 Å². The second-order valence-corrected chi connectivity index (χ2v) is 7.26. The fourth-order valence-corrected chi connectivity index (χ4v) is 2.79. The molecule has 0 saturated heterocycles. The summed E-state index contributed by atoms with van der Waals surface area (Å²) in [5.41, 5.74) is 1.81. The van der Waals surface area contributed by atoms with E-state index in [2.05, 4.69) is 10.6 Å². The van der Waals surface area contributed by atoms with Gasteiger partial charge in [0.05, 0.1) is 6.42 Å². The summed E-state index contributed by atoms with van der Waals surface area (Å²) in [5, 5.41) is 14.6. The summed E-state index contributed by atoms with van der Waals surface area (Å²) < 4.78 is 0. The average Bonchev–Trinajstić information content (AvgIpc) is 2.57. The fourth-order valence-electron chi connectivity index (χ4n) is 2.79. The molecule has 0 radical (unpaired) electrons. The molecular formula is C21H24N2O4. The largest absolute Gasteiger partial charge is 0.481 e. The third-order valence-electron chi connectivity index (χ3n) is 4.16. The molecule has 0 aliphatic heterocycles. The minimum absolute atomic E-state index is 0.0827. The van der Waals surface area contributed by atoms with E-state index in [9.17, 15) is 14.4 Å². The summed E-state index contributed by atoms with van der Waals surface area (Å²) in [6, 6.07) is 14.1. The van der Waals surface area contributed by atoms with Gasteiger partial charge in [0.15, 0.2) is 0 Å². The van der Waals surface area contributed by atoms with Crippen LogP contribution in [0, 0.1) is 12.3 Å². The number of anilines is 2. The highest BCUT2D eigenvalue weighted by Gasteiger charge is 2.25. The lowest BCUT2D eigenvalue weighted by Crippen LogP contribution is -2.25. The fraction of sp³-hybridized carbons (Fsp3) is 0.286. The van der Waals surface area contributed by atoms with Gasteiger partial charge in [0.2, 0.25) is 5.91 Å². The number of hydrogen-bond acceptors (Lipinski definition) is 3. The van der Waals surface area contributed by atoms with Crippen molar-refractivity contribution in [2.75, 3.05) is 10.6 Å². The normalized spacial score (nSPS) is 10.9. The van der Waals surface area contributed by atoms with Crippen molar-refractivity contribution in [1.82, 2.24) is 0 Å². The van der Waals surface area contributed by atoms with Crippen LogP contribution in [-0.2, 0) is 9.59 Å². The Morgan fingerprint density at radius 3 is 2.07 bits per heavy atom. The van der Waals surface area contributed by atoms with Crippen molar-refractivity contribution in [2.45, 2.75) is 33.6 Å². The second kappa shape index (κ2) is 8.49. The number of nitrogens with one attached hydrogen (secondary N) is 2. The Morgan fingerprint density at radius 2 is 1.48 bits per heavy atom. The maximum absolute atomic E-state index is 12.3. The van der Waals surface area contributed by atoms with Gasteiger partial charge < -0.3 is 15.7 Å². The van der Waals surface area contributed by atoms with Gasteiger partial charge in [0.1, 0.15) is 0 Å². The third-order valence-corrected chi connectivity index (χ3v) is 4.16. The number of carboxylic acids is 1. The van der Waals surface area contributed by atoms with Crippen molar-refractivity contribution >= 4 is 29.2 Å². The summed E-state index contributed by atoms with van der Waals surface area (Å²) in [6.07, 6.45) is -0.00802. The van der Waals surface area contributed by atoms with Crippen LogP contribution in [-0.4, -0.2) is 22.9 Å². The highest BCUT2D eigenvalue weighted by atomic mass is 16.4. The van der Waals surface area contributed by atoms with Gasteiger partial charge in [-0.1, -0.05) is 38.1 Å². The second-order valence-electron chi connectivity index (χ2n) is 7.26. The number of benzene rings is 2. The van der Waals surface area contributed by atoms with E-state index in [1.54, 1.807) is 63.2 Å². The number of rotatable bonds is 7. The Kier molecular flexibility index (Phi) is 6.34. The van der Waals surface area contributed by atoms with Crippen LogP contribution in [0.3, 0.4) is 0 Å². The number of amides is 2. The zero-order chi connectivity index (χ0) is 20.0. The molecule has 0 heterocycles. The molecule has 142 valence electrons. The van der Waals surface area contributed by atoms with Crippen LogP contribution in [0.15, 0.2) is 48.5 Å². The molecule has 2 aromatic rings. The molecule has 0 aromatic heterocycles. The van der Waals surface area contributed by atoms with Crippen molar-refractivity contribution in [1.29, 1.82) is 0 Å². The van der Waals surface area contributed by atoms with Crippen LogP contribution < -0.4 is 10.6 Å². The molecule has 0 unspecified atom stereocenters. The number of aliphatic carboxylic acids is 1. The standard InChI is InChI=1S/C21H24N2O4/c1-14-16(22-18(24)12-21(2,3)13-19(25)26)10-7-11-17(14)23-20(27)15-8-5-4-6-9-15/h4-11H,12-13H2,1-3H3,(H,22,24)(H,23,27)(H,25,26). The molecular weight excluding hydrogens is 344 g/mol. The summed E-state index contributed by atoms with van der Waals surface area (Å²) in [7, 11) is 0. The van der Waals surface area contributed by atoms with Gasteiger partial charge in [0.25, 0.3) is 5.91 Å².